The molecule has 0 spiro atoms. The van der Waals surface area contributed by atoms with Crippen LogP contribution >= 0.6 is 11.6 Å². The van der Waals surface area contributed by atoms with Crippen LogP contribution in [0, 0.1) is 11.3 Å². The number of para-hydroxylation sites is 1. The number of amides is 2. The molecule has 2 aromatic heterocycles. The van der Waals surface area contributed by atoms with Crippen molar-refractivity contribution in [2.45, 2.75) is 17.9 Å². The number of hydrogen-bond acceptors (Lipinski definition) is 10. The molecule has 0 aliphatic heterocycles. The number of carbonyl (C=O) groups is 1. The first-order chi connectivity index (χ1) is 21.0. The predicted molar refractivity (Wildman–Crippen MR) is 168 cm³/mol. The first kappa shape index (κ1) is 30.0. The molecule has 5 N–H and O–H groups in total. The highest BCUT2D eigenvalue weighted by Crippen LogP contribution is 2.27. The number of urea groups is 1. The largest absolute Gasteiger partial charge is 0.382 e. The van der Waals surface area contributed by atoms with E-state index in [1.165, 1.54) is 23.0 Å². The second-order valence-electron chi connectivity index (χ2n) is 9.60. The number of hydrogen-bond donors (Lipinski definition) is 4. The summed E-state index contributed by atoms with van der Waals surface area (Å²) in [5, 5.41) is 18.3. The third-order valence-corrected chi connectivity index (χ3v) is 7.97. The lowest BCUT2D eigenvalue weighted by Gasteiger charge is -2.21. The lowest BCUT2D eigenvalue weighted by molar-refractivity contribution is 0.262. The molecule has 15 heteroatoms. The number of halogens is 1. The van der Waals surface area contributed by atoms with Crippen molar-refractivity contribution in [1.29, 1.82) is 5.26 Å². The zero-order chi connectivity index (χ0) is 31.6. The van der Waals surface area contributed by atoms with Gasteiger partial charge in [0, 0.05) is 11.9 Å². The molecule has 0 fully saturated rings. The van der Waals surface area contributed by atoms with E-state index >= 15 is 0 Å². The Balaban J connectivity index is 1.55. The summed E-state index contributed by atoms with van der Waals surface area (Å²) in [6, 6.07) is 17.9. The quantitative estimate of drug-likeness (QED) is 0.199. The first-order valence-electron chi connectivity index (χ1n) is 12.9. The summed E-state index contributed by atoms with van der Waals surface area (Å²) < 4.78 is 25.6. The Hall–Kier alpha value is -5.52. The Bertz CT molecular complexity index is 2150. The summed E-state index contributed by atoms with van der Waals surface area (Å²) >= 11 is 6.42. The average Bonchev–Trinajstić information content (AvgIpc) is 2.97. The monoisotopic (exact) mass is 629 g/mol. The molecule has 222 valence electrons. The van der Waals surface area contributed by atoms with E-state index in [1.807, 2.05) is 6.07 Å². The number of benzene rings is 3. The summed E-state index contributed by atoms with van der Waals surface area (Å²) in [5.74, 6) is 0.388. The maximum absolute atomic E-state index is 14.0. The molecule has 2 amide bonds. The maximum Gasteiger partial charge on any atom is 0.323 e. The zero-order valence-corrected chi connectivity index (χ0v) is 24.8. The number of sulfone groups is 1. The van der Waals surface area contributed by atoms with Crippen LogP contribution in [-0.2, 0) is 9.84 Å². The van der Waals surface area contributed by atoms with Gasteiger partial charge in [0.1, 0.15) is 35.4 Å². The van der Waals surface area contributed by atoms with Gasteiger partial charge in [-0.1, -0.05) is 35.9 Å². The third-order valence-electron chi connectivity index (χ3n) is 6.50. The van der Waals surface area contributed by atoms with Gasteiger partial charge in [-0.15, -0.1) is 0 Å². The number of aromatic nitrogens is 4. The Kier molecular flexibility index (Phi) is 8.17. The van der Waals surface area contributed by atoms with E-state index in [4.69, 9.17) is 22.3 Å². The predicted octanol–water partition coefficient (Wildman–Crippen LogP) is 4.50. The minimum atomic E-state index is -3.60. The van der Waals surface area contributed by atoms with Crippen molar-refractivity contribution in [3.63, 3.8) is 0 Å². The fraction of sp³-hybridized carbons (Fsp3) is 0.103. The molecule has 44 heavy (non-hydrogen) atoms. The minimum absolute atomic E-state index is 0.0101. The molecule has 0 aliphatic rings. The summed E-state index contributed by atoms with van der Waals surface area (Å²) in [6.45, 7) is 1.73. The molecule has 2 heterocycles. The van der Waals surface area contributed by atoms with E-state index in [1.54, 1.807) is 61.5 Å². The van der Waals surface area contributed by atoms with Crippen LogP contribution in [0.15, 0.2) is 82.7 Å². The molecule has 0 saturated carbocycles. The van der Waals surface area contributed by atoms with Crippen molar-refractivity contribution in [3.8, 4) is 11.8 Å². The number of nitrogen functional groups attached to an aromatic ring is 1. The van der Waals surface area contributed by atoms with E-state index in [9.17, 15) is 23.3 Å². The van der Waals surface area contributed by atoms with Gasteiger partial charge < -0.3 is 21.7 Å². The third kappa shape index (κ3) is 6.00. The lowest BCUT2D eigenvalue weighted by Crippen LogP contribution is -2.28. The van der Waals surface area contributed by atoms with Gasteiger partial charge >= 0.3 is 6.03 Å². The van der Waals surface area contributed by atoms with Crippen LogP contribution in [-0.4, -0.2) is 40.2 Å². The number of fused-ring (bicyclic) bond motifs is 1. The second-order valence-corrected chi connectivity index (χ2v) is 12.0. The fourth-order valence-electron chi connectivity index (χ4n) is 4.54. The number of anilines is 4. The van der Waals surface area contributed by atoms with Crippen molar-refractivity contribution >= 4 is 61.4 Å². The van der Waals surface area contributed by atoms with Crippen LogP contribution in [0.2, 0.25) is 5.02 Å². The SMILES string of the molecule is CC(Nc1ncnc(N)c1C#N)c1nc2cccc(Cl)c2c(=O)n1-c1cccc(NC(=O)Nc2ccccc2S(C)(=O)=O)c1. The van der Waals surface area contributed by atoms with Gasteiger partial charge in [0.15, 0.2) is 9.84 Å². The van der Waals surface area contributed by atoms with Crippen molar-refractivity contribution in [2.75, 3.05) is 27.9 Å². The highest BCUT2D eigenvalue weighted by molar-refractivity contribution is 7.90. The molecule has 0 aliphatic carbocycles. The zero-order valence-electron chi connectivity index (χ0n) is 23.2. The van der Waals surface area contributed by atoms with E-state index in [2.05, 4.69) is 25.9 Å². The van der Waals surface area contributed by atoms with Crippen LogP contribution in [0.4, 0.5) is 27.8 Å². The lowest BCUT2D eigenvalue weighted by atomic mass is 10.2. The van der Waals surface area contributed by atoms with Crippen molar-refractivity contribution < 1.29 is 13.2 Å². The highest BCUT2D eigenvalue weighted by Gasteiger charge is 2.22. The maximum atomic E-state index is 14.0. The second kappa shape index (κ2) is 12.0. The fourth-order valence-corrected chi connectivity index (χ4v) is 5.63. The molecule has 0 radical (unpaired) electrons. The summed E-state index contributed by atoms with van der Waals surface area (Å²) in [7, 11) is -3.60. The molecular formula is C29H24ClN9O4S. The van der Waals surface area contributed by atoms with Gasteiger partial charge in [-0.05, 0) is 49.4 Å². The normalized spacial score (nSPS) is 11.9. The number of nitriles is 1. The number of rotatable bonds is 7. The van der Waals surface area contributed by atoms with Crippen molar-refractivity contribution in [2.24, 2.45) is 0 Å². The standard InChI is InChI=1S/C29H24ClN9O4S/c1-16(35-26-19(14-31)25(32)33-15-34-26)27-37-22-11-6-9-20(30)24(22)28(40)39(27)18-8-5-7-17(13-18)36-29(41)38-21-10-3-4-12-23(21)44(2,42)43/h3-13,15-16H,1-2H3,(H2,36,38,41)(H3,32,33,34,35). The van der Waals surface area contributed by atoms with Crippen molar-refractivity contribution in [1.82, 2.24) is 19.5 Å². The molecule has 1 unspecified atom stereocenters. The summed E-state index contributed by atoms with van der Waals surface area (Å²) in [4.78, 5) is 39.5. The number of nitrogens with two attached hydrogens (primary N) is 1. The molecule has 13 nitrogen and oxygen atoms in total. The van der Waals surface area contributed by atoms with E-state index in [0.29, 0.717) is 16.9 Å². The van der Waals surface area contributed by atoms with Crippen LogP contribution < -0.4 is 27.2 Å². The van der Waals surface area contributed by atoms with E-state index < -0.39 is 27.5 Å². The number of nitrogens with one attached hydrogen (secondary N) is 3. The Morgan fingerprint density at radius 2 is 1.82 bits per heavy atom. The average molecular weight is 630 g/mol. The minimum Gasteiger partial charge on any atom is -0.382 e. The molecule has 5 rings (SSSR count). The van der Waals surface area contributed by atoms with Crippen LogP contribution in [0.5, 0.6) is 0 Å². The van der Waals surface area contributed by atoms with Gasteiger partial charge in [-0.3, -0.25) is 9.36 Å². The van der Waals surface area contributed by atoms with E-state index in [-0.39, 0.29) is 44.0 Å². The Morgan fingerprint density at radius 3 is 2.57 bits per heavy atom. The Labute approximate surface area is 256 Å². The molecule has 5 aromatic rings. The number of carbonyl (C=O) groups excluding carboxylic acids is 1. The molecule has 3 aromatic carbocycles. The number of nitrogens with zero attached hydrogens (tertiary/aromatic N) is 5. The first-order valence-corrected chi connectivity index (χ1v) is 15.2. The summed E-state index contributed by atoms with van der Waals surface area (Å²) in [6.07, 6.45) is 2.26. The molecular weight excluding hydrogens is 606 g/mol. The molecule has 1 atom stereocenters. The molecule has 0 bridgehead atoms. The van der Waals surface area contributed by atoms with Crippen LogP contribution in [0.3, 0.4) is 0 Å². The molecule has 0 saturated heterocycles. The topological polar surface area (TPSA) is 198 Å². The smallest absolute Gasteiger partial charge is 0.323 e. The van der Waals surface area contributed by atoms with Crippen LogP contribution in [0.1, 0.15) is 24.4 Å². The van der Waals surface area contributed by atoms with Crippen LogP contribution in [0.25, 0.3) is 16.6 Å². The summed E-state index contributed by atoms with van der Waals surface area (Å²) in [5.41, 5.74) is 6.50. The van der Waals surface area contributed by atoms with Gasteiger partial charge in [-0.25, -0.2) is 28.2 Å². The van der Waals surface area contributed by atoms with Gasteiger partial charge in [0.2, 0.25) is 0 Å². The highest BCUT2D eigenvalue weighted by atomic mass is 35.5. The van der Waals surface area contributed by atoms with Crippen molar-refractivity contribution in [3.05, 3.63) is 99.8 Å². The van der Waals surface area contributed by atoms with Gasteiger partial charge in [0.05, 0.1) is 38.2 Å². The van der Waals surface area contributed by atoms with Gasteiger partial charge in [0.25, 0.3) is 5.56 Å². The Morgan fingerprint density at radius 1 is 1.07 bits per heavy atom. The van der Waals surface area contributed by atoms with Gasteiger partial charge in [-0.2, -0.15) is 5.26 Å². The van der Waals surface area contributed by atoms with E-state index in [0.717, 1.165) is 6.26 Å².